The van der Waals surface area contributed by atoms with Crippen molar-refractivity contribution in [3.05, 3.63) is 75.9 Å². The summed E-state index contributed by atoms with van der Waals surface area (Å²) in [6, 6.07) is 10.0. The van der Waals surface area contributed by atoms with Gasteiger partial charge in [0.2, 0.25) is 5.88 Å². The van der Waals surface area contributed by atoms with Gasteiger partial charge >= 0.3 is 12.3 Å². The molecule has 0 unspecified atom stereocenters. The molecule has 204 valence electrons. The Hall–Kier alpha value is -3.26. The summed E-state index contributed by atoms with van der Waals surface area (Å²) in [4.78, 5) is 15.6. The van der Waals surface area contributed by atoms with Gasteiger partial charge in [0.05, 0.1) is 17.1 Å². The summed E-state index contributed by atoms with van der Waals surface area (Å²) in [5, 5.41) is -0.124. The van der Waals surface area contributed by atoms with Crippen molar-refractivity contribution in [1.82, 2.24) is 9.71 Å². The summed E-state index contributed by atoms with van der Waals surface area (Å²) >= 11 is 11.7. The topological polar surface area (TPSA) is 113 Å². The van der Waals surface area contributed by atoms with Gasteiger partial charge in [-0.05, 0) is 42.5 Å². The third kappa shape index (κ3) is 8.12. The fourth-order valence-electron chi connectivity index (χ4n) is 2.80. The largest absolute Gasteiger partial charge is 0.491 e. The van der Waals surface area contributed by atoms with Gasteiger partial charge in [-0.1, -0.05) is 23.2 Å². The van der Waals surface area contributed by atoms with Crippen molar-refractivity contribution in [3.63, 3.8) is 0 Å². The van der Waals surface area contributed by atoms with Gasteiger partial charge in [0.15, 0.2) is 0 Å². The zero-order valence-corrected chi connectivity index (χ0v) is 21.7. The Bertz CT molecular complexity index is 1390. The highest BCUT2D eigenvalue weighted by Gasteiger charge is 2.32. The number of sulfonamides is 1. The summed E-state index contributed by atoms with van der Waals surface area (Å²) in [5.74, 6) is -0.0919. The molecular weight excluding hydrogens is 576 g/mol. The Kier molecular flexibility index (Phi) is 9.66. The van der Waals surface area contributed by atoms with Crippen LogP contribution in [0.4, 0.5) is 18.0 Å². The zero-order chi connectivity index (χ0) is 27.9. The number of pyridine rings is 1. The van der Waals surface area contributed by atoms with Gasteiger partial charge < -0.3 is 18.9 Å². The lowest BCUT2D eigenvalue weighted by molar-refractivity contribution is -0.137. The Morgan fingerprint density at radius 1 is 1.05 bits per heavy atom. The van der Waals surface area contributed by atoms with E-state index in [2.05, 4.69) is 4.98 Å². The molecule has 3 rings (SSSR count). The maximum atomic E-state index is 12.9. The third-order valence-corrected chi connectivity index (χ3v) is 6.49. The molecule has 0 atom stereocenters. The van der Waals surface area contributed by atoms with E-state index in [1.807, 2.05) is 0 Å². The number of carbonyl (C=O) groups is 1. The molecule has 0 aliphatic heterocycles. The van der Waals surface area contributed by atoms with E-state index < -0.39 is 39.5 Å². The van der Waals surface area contributed by atoms with E-state index in [1.165, 1.54) is 49.6 Å². The van der Waals surface area contributed by atoms with E-state index in [0.717, 1.165) is 0 Å². The molecule has 1 heterocycles. The van der Waals surface area contributed by atoms with Gasteiger partial charge in [-0.25, -0.2) is 22.9 Å². The minimum Gasteiger partial charge on any atom is -0.491 e. The molecule has 0 saturated heterocycles. The highest BCUT2D eigenvalue weighted by molar-refractivity contribution is 7.90. The molecule has 1 amide bonds. The second-order valence-electron chi connectivity index (χ2n) is 7.36. The maximum Gasteiger partial charge on any atom is 0.421 e. The summed E-state index contributed by atoms with van der Waals surface area (Å²) in [6.45, 7) is -0.0421. The zero-order valence-electron chi connectivity index (χ0n) is 19.4. The second kappa shape index (κ2) is 12.5. The van der Waals surface area contributed by atoms with Crippen LogP contribution in [0.1, 0.15) is 11.1 Å². The average Bonchev–Trinajstić information content (AvgIpc) is 2.84. The first kappa shape index (κ1) is 29.3. The van der Waals surface area contributed by atoms with Crippen molar-refractivity contribution in [2.75, 3.05) is 20.3 Å². The SMILES string of the molecule is COCCOc1ccc(COC(=O)NS(=O)(=O)c2ccc(Cl)cc2)c(Oc2ncc(C(F)(F)F)cc2Cl)c1. The molecule has 2 aromatic carbocycles. The van der Waals surface area contributed by atoms with Gasteiger partial charge in [-0.2, -0.15) is 13.2 Å². The highest BCUT2D eigenvalue weighted by Crippen LogP contribution is 2.36. The number of hydrogen-bond acceptors (Lipinski definition) is 8. The fraction of sp³-hybridized carbons (Fsp3) is 0.217. The lowest BCUT2D eigenvalue weighted by Gasteiger charge is -2.15. The normalized spacial score (nSPS) is 11.6. The minimum atomic E-state index is -4.66. The molecule has 0 aliphatic carbocycles. The first-order valence-electron chi connectivity index (χ1n) is 10.5. The van der Waals surface area contributed by atoms with Crippen molar-refractivity contribution in [2.24, 2.45) is 0 Å². The van der Waals surface area contributed by atoms with Gasteiger partial charge in [-0.15, -0.1) is 0 Å². The molecule has 38 heavy (non-hydrogen) atoms. The van der Waals surface area contributed by atoms with Crippen molar-refractivity contribution in [1.29, 1.82) is 0 Å². The van der Waals surface area contributed by atoms with Crippen LogP contribution in [0, 0.1) is 0 Å². The van der Waals surface area contributed by atoms with E-state index in [0.29, 0.717) is 23.0 Å². The smallest absolute Gasteiger partial charge is 0.421 e. The van der Waals surface area contributed by atoms with Gasteiger partial charge in [0.25, 0.3) is 10.0 Å². The molecule has 1 aromatic heterocycles. The Morgan fingerprint density at radius 3 is 2.39 bits per heavy atom. The van der Waals surface area contributed by atoms with Gasteiger partial charge in [-0.3, -0.25) is 0 Å². The second-order valence-corrected chi connectivity index (χ2v) is 9.88. The van der Waals surface area contributed by atoms with Crippen LogP contribution >= 0.6 is 23.2 Å². The van der Waals surface area contributed by atoms with E-state index in [1.54, 1.807) is 4.72 Å². The van der Waals surface area contributed by atoms with E-state index in [4.69, 9.17) is 42.1 Å². The van der Waals surface area contributed by atoms with Crippen molar-refractivity contribution in [2.45, 2.75) is 17.7 Å². The summed E-state index contributed by atoms with van der Waals surface area (Å²) < 4.78 is 86.4. The Morgan fingerprint density at radius 2 is 1.76 bits per heavy atom. The highest BCUT2D eigenvalue weighted by atomic mass is 35.5. The predicted molar refractivity (Wildman–Crippen MR) is 130 cm³/mol. The lowest BCUT2D eigenvalue weighted by Crippen LogP contribution is -2.31. The molecule has 0 aliphatic rings. The number of halogens is 5. The molecule has 15 heteroatoms. The number of rotatable bonds is 10. The molecule has 1 N–H and O–H groups in total. The molecule has 0 fully saturated rings. The van der Waals surface area contributed by atoms with Crippen LogP contribution < -0.4 is 14.2 Å². The van der Waals surface area contributed by atoms with Crippen LogP contribution in [0.2, 0.25) is 10.0 Å². The number of aromatic nitrogens is 1. The van der Waals surface area contributed by atoms with Crippen molar-refractivity contribution >= 4 is 39.3 Å². The monoisotopic (exact) mass is 594 g/mol. The van der Waals surface area contributed by atoms with E-state index >= 15 is 0 Å². The summed E-state index contributed by atoms with van der Waals surface area (Å²) in [7, 11) is -2.77. The quantitative estimate of drug-likeness (QED) is 0.291. The number of alkyl halides is 3. The van der Waals surface area contributed by atoms with Crippen LogP contribution in [0.3, 0.4) is 0 Å². The van der Waals surface area contributed by atoms with Gasteiger partial charge in [0.1, 0.15) is 29.7 Å². The average molecular weight is 595 g/mol. The van der Waals surface area contributed by atoms with Crippen LogP contribution in [-0.2, 0) is 32.3 Å². The van der Waals surface area contributed by atoms with Crippen LogP contribution in [0.5, 0.6) is 17.4 Å². The Labute approximate surface area is 225 Å². The number of nitrogens with one attached hydrogen (secondary N) is 1. The number of nitrogens with zero attached hydrogens (tertiary/aromatic N) is 1. The Balaban J connectivity index is 1.79. The minimum absolute atomic E-state index is 0.0255. The lowest BCUT2D eigenvalue weighted by atomic mass is 10.2. The fourth-order valence-corrected chi connectivity index (χ4v) is 4.02. The van der Waals surface area contributed by atoms with Crippen molar-refractivity contribution in [3.8, 4) is 17.4 Å². The van der Waals surface area contributed by atoms with Gasteiger partial charge in [0, 0.05) is 30.0 Å². The molecule has 3 aromatic rings. The molecule has 9 nitrogen and oxygen atoms in total. The predicted octanol–water partition coefficient (Wildman–Crippen LogP) is 5.84. The van der Waals surface area contributed by atoms with Crippen molar-refractivity contribution < 1.29 is 45.3 Å². The molecule has 0 radical (unpaired) electrons. The third-order valence-electron chi connectivity index (χ3n) is 4.64. The van der Waals surface area contributed by atoms with Crippen LogP contribution in [0.15, 0.2) is 59.6 Å². The summed E-state index contributed by atoms with van der Waals surface area (Å²) in [6.07, 6.45) is -5.41. The van der Waals surface area contributed by atoms with Crippen LogP contribution in [0.25, 0.3) is 0 Å². The summed E-state index contributed by atoms with van der Waals surface area (Å²) in [5.41, 5.74) is -0.880. The number of hydrogen-bond donors (Lipinski definition) is 1. The standard InChI is InChI=1S/C23H19Cl2F3N2O7S/c1-34-8-9-35-17-5-2-14(13-36-22(31)30-38(32,33)18-6-3-16(24)4-7-18)20(11-17)37-21-19(25)10-15(12-29-21)23(26,27)28/h2-7,10-12H,8-9,13H2,1H3,(H,30,31). The van der Waals surface area contributed by atoms with Crippen LogP contribution in [-0.4, -0.2) is 39.8 Å². The first-order valence-corrected chi connectivity index (χ1v) is 12.7. The van der Waals surface area contributed by atoms with E-state index in [-0.39, 0.29) is 35.3 Å². The molecule has 0 bridgehead atoms. The molecule has 0 saturated carbocycles. The number of benzene rings is 2. The number of carbonyl (C=O) groups excluding carboxylic acids is 1. The number of ether oxygens (including phenoxy) is 4. The number of amides is 1. The molecule has 0 spiro atoms. The molecular formula is C23H19Cl2F3N2O7S. The first-order chi connectivity index (χ1) is 17.9. The van der Waals surface area contributed by atoms with E-state index in [9.17, 15) is 26.4 Å². The number of methoxy groups -OCH3 is 1. The maximum absolute atomic E-state index is 12.9.